The van der Waals surface area contributed by atoms with Gasteiger partial charge in [-0.3, -0.25) is 4.79 Å². The van der Waals surface area contributed by atoms with Crippen LogP contribution in [0.4, 0.5) is 19.3 Å². The SMILES string of the molecule is COC(=O)N1CCC(C)=C(c2ccc(NC(=O)c3c(F)cccc3F)cc2)C1. The zero-order valence-electron chi connectivity index (χ0n) is 15.6. The monoisotopic (exact) mass is 386 g/mol. The van der Waals surface area contributed by atoms with Crippen molar-refractivity contribution in [3.05, 3.63) is 70.8 Å². The third-order valence-corrected chi connectivity index (χ3v) is 4.73. The number of anilines is 1. The second-order valence-electron chi connectivity index (χ2n) is 6.53. The van der Waals surface area contributed by atoms with E-state index >= 15 is 0 Å². The van der Waals surface area contributed by atoms with Gasteiger partial charge in [-0.05, 0) is 48.7 Å². The number of hydrogen-bond donors (Lipinski definition) is 1. The van der Waals surface area contributed by atoms with Crippen molar-refractivity contribution in [2.45, 2.75) is 13.3 Å². The summed E-state index contributed by atoms with van der Waals surface area (Å²) in [6, 6.07) is 10.2. The van der Waals surface area contributed by atoms with Gasteiger partial charge in [0.1, 0.15) is 17.2 Å². The van der Waals surface area contributed by atoms with Crippen LogP contribution in [0.25, 0.3) is 5.57 Å². The first-order valence-electron chi connectivity index (χ1n) is 8.78. The van der Waals surface area contributed by atoms with Crippen LogP contribution < -0.4 is 5.32 Å². The van der Waals surface area contributed by atoms with E-state index in [2.05, 4.69) is 5.32 Å². The Morgan fingerprint density at radius 1 is 1.07 bits per heavy atom. The molecule has 0 unspecified atom stereocenters. The maximum Gasteiger partial charge on any atom is 0.409 e. The Morgan fingerprint density at radius 2 is 1.71 bits per heavy atom. The number of nitrogens with one attached hydrogen (secondary N) is 1. The molecule has 0 fully saturated rings. The van der Waals surface area contributed by atoms with E-state index in [0.29, 0.717) is 18.8 Å². The number of methoxy groups -OCH3 is 1. The number of carbonyl (C=O) groups excluding carboxylic acids is 2. The first kappa shape index (κ1) is 19.5. The third-order valence-electron chi connectivity index (χ3n) is 4.73. The lowest BCUT2D eigenvalue weighted by atomic mass is 9.95. The van der Waals surface area contributed by atoms with Crippen molar-refractivity contribution in [2.24, 2.45) is 0 Å². The lowest BCUT2D eigenvalue weighted by molar-refractivity contribution is 0.101. The van der Waals surface area contributed by atoms with E-state index in [4.69, 9.17) is 4.74 Å². The maximum absolute atomic E-state index is 13.7. The van der Waals surface area contributed by atoms with Gasteiger partial charge < -0.3 is 15.0 Å². The molecule has 28 heavy (non-hydrogen) atoms. The molecular formula is C21H20F2N2O3. The van der Waals surface area contributed by atoms with Gasteiger partial charge in [0.15, 0.2) is 0 Å². The topological polar surface area (TPSA) is 58.6 Å². The highest BCUT2D eigenvalue weighted by molar-refractivity contribution is 6.04. The molecule has 0 aromatic heterocycles. The third kappa shape index (κ3) is 4.03. The number of rotatable bonds is 3. The van der Waals surface area contributed by atoms with Gasteiger partial charge in [0, 0.05) is 18.8 Å². The Hall–Kier alpha value is -3.22. The Kier molecular flexibility index (Phi) is 5.73. The van der Waals surface area contributed by atoms with Crippen molar-refractivity contribution < 1.29 is 23.1 Å². The van der Waals surface area contributed by atoms with Crippen molar-refractivity contribution in [1.29, 1.82) is 0 Å². The fourth-order valence-electron chi connectivity index (χ4n) is 3.14. The number of ether oxygens (including phenoxy) is 1. The van der Waals surface area contributed by atoms with E-state index in [0.717, 1.165) is 29.7 Å². The van der Waals surface area contributed by atoms with E-state index in [1.54, 1.807) is 29.2 Å². The summed E-state index contributed by atoms with van der Waals surface area (Å²) in [5, 5.41) is 2.50. The molecule has 5 nitrogen and oxygen atoms in total. The molecule has 2 aromatic rings. The predicted octanol–water partition coefficient (Wildman–Crippen LogP) is 4.46. The molecule has 1 aliphatic rings. The maximum atomic E-state index is 13.7. The van der Waals surface area contributed by atoms with Crippen LogP contribution >= 0.6 is 0 Å². The molecule has 146 valence electrons. The van der Waals surface area contributed by atoms with Crippen molar-refractivity contribution in [3.63, 3.8) is 0 Å². The van der Waals surface area contributed by atoms with Gasteiger partial charge in [0.05, 0.1) is 7.11 Å². The Balaban J connectivity index is 1.76. The van der Waals surface area contributed by atoms with Crippen molar-refractivity contribution >= 4 is 23.3 Å². The van der Waals surface area contributed by atoms with Crippen LogP contribution in [0.2, 0.25) is 0 Å². The molecule has 0 saturated heterocycles. The molecule has 0 spiro atoms. The summed E-state index contributed by atoms with van der Waals surface area (Å²) in [5.74, 6) is -2.69. The quantitative estimate of drug-likeness (QED) is 0.847. The molecule has 0 radical (unpaired) electrons. The Labute approximate surface area is 161 Å². The van der Waals surface area contributed by atoms with Gasteiger partial charge in [-0.1, -0.05) is 23.8 Å². The standard InChI is InChI=1S/C21H20F2N2O3/c1-13-10-11-25(21(27)28-2)12-16(13)14-6-8-15(9-7-14)24-20(26)19-17(22)4-3-5-18(19)23/h3-9H,10-12H2,1-2H3,(H,24,26). The fourth-order valence-corrected chi connectivity index (χ4v) is 3.14. The number of carbonyl (C=O) groups is 2. The first-order valence-corrected chi connectivity index (χ1v) is 8.78. The number of hydrogen-bond acceptors (Lipinski definition) is 3. The zero-order chi connectivity index (χ0) is 20.3. The van der Waals surface area contributed by atoms with Gasteiger partial charge in [-0.25, -0.2) is 13.6 Å². The number of benzene rings is 2. The van der Waals surface area contributed by atoms with Crippen LogP contribution in [-0.4, -0.2) is 37.1 Å². The molecular weight excluding hydrogens is 366 g/mol. The lowest BCUT2D eigenvalue weighted by Crippen LogP contribution is -2.36. The minimum absolute atomic E-state index is 0.374. The van der Waals surface area contributed by atoms with Crippen molar-refractivity contribution in [3.8, 4) is 0 Å². The number of halogens is 2. The van der Waals surface area contributed by atoms with Gasteiger partial charge in [-0.15, -0.1) is 0 Å². The van der Waals surface area contributed by atoms with E-state index in [1.165, 1.54) is 18.7 Å². The van der Waals surface area contributed by atoms with Crippen LogP contribution in [0.5, 0.6) is 0 Å². The summed E-state index contributed by atoms with van der Waals surface area (Å²) in [6.45, 7) is 3.05. The summed E-state index contributed by atoms with van der Waals surface area (Å²) in [4.78, 5) is 25.6. The molecule has 3 rings (SSSR count). The highest BCUT2D eigenvalue weighted by Gasteiger charge is 2.22. The summed E-state index contributed by atoms with van der Waals surface area (Å²) >= 11 is 0. The van der Waals surface area contributed by atoms with Crippen molar-refractivity contribution in [2.75, 3.05) is 25.5 Å². The van der Waals surface area contributed by atoms with Crippen LogP contribution in [0, 0.1) is 11.6 Å². The molecule has 1 aliphatic heterocycles. The van der Waals surface area contributed by atoms with E-state index in [9.17, 15) is 18.4 Å². The number of amides is 2. The molecule has 0 aliphatic carbocycles. The first-order chi connectivity index (χ1) is 13.4. The average molecular weight is 386 g/mol. The summed E-state index contributed by atoms with van der Waals surface area (Å²) in [7, 11) is 1.35. The van der Waals surface area contributed by atoms with Gasteiger partial charge in [0.25, 0.3) is 5.91 Å². The van der Waals surface area contributed by atoms with Crippen LogP contribution in [0.1, 0.15) is 29.3 Å². The predicted molar refractivity (Wildman–Crippen MR) is 102 cm³/mol. The summed E-state index contributed by atoms with van der Waals surface area (Å²) in [6.07, 6.45) is 0.371. The molecule has 2 aromatic carbocycles. The van der Waals surface area contributed by atoms with Crippen molar-refractivity contribution in [1.82, 2.24) is 4.90 Å². The molecule has 7 heteroatoms. The van der Waals surface area contributed by atoms with Crippen LogP contribution in [0.3, 0.4) is 0 Å². The Bertz CT molecular complexity index is 919. The normalized spacial score (nSPS) is 14.1. The van der Waals surface area contributed by atoms with E-state index < -0.39 is 23.1 Å². The highest BCUT2D eigenvalue weighted by atomic mass is 19.1. The van der Waals surface area contributed by atoms with E-state index in [1.807, 2.05) is 6.92 Å². The van der Waals surface area contributed by atoms with Gasteiger partial charge in [0.2, 0.25) is 0 Å². The summed E-state index contributed by atoms with van der Waals surface area (Å²) < 4.78 is 32.3. The minimum Gasteiger partial charge on any atom is -0.453 e. The smallest absolute Gasteiger partial charge is 0.409 e. The Morgan fingerprint density at radius 3 is 2.32 bits per heavy atom. The zero-order valence-corrected chi connectivity index (χ0v) is 15.6. The van der Waals surface area contributed by atoms with Crippen LogP contribution in [-0.2, 0) is 4.74 Å². The second kappa shape index (κ2) is 8.21. The molecule has 0 atom stereocenters. The molecule has 0 bridgehead atoms. The summed E-state index contributed by atoms with van der Waals surface area (Å²) in [5.41, 5.74) is 2.88. The minimum atomic E-state index is -0.917. The second-order valence-corrected chi connectivity index (χ2v) is 6.53. The lowest BCUT2D eigenvalue weighted by Gasteiger charge is -2.29. The molecule has 1 N–H and O–H groups in total. The molecule has 1 heterocycles. The van der Waals surface area contributed by atoms with Gasteiger partial charge in [-0.2, -0.15) is 0 Å². The van der Waals surface area contributed by atoms with Crippen LogP contribution in [0.15, 0.2) is 48.0 Å². The largest absolute Gasteiger partial charge is 0.453 e. The van der Waals surface area contributed by atoms with E-state index in [-0.39, 0.29) is 6.09 Å². The van der Waals surface area contributed by atoms with Gasteiger partial charge >= 0.3 is 6.09 Å². The number of nitrogens with zero attached hydrogens (tertiary/aromatic N) is 1. The average Bonchev–Trinajstić information content (AvgIpc) is 2.68. The fraction of sp³-hybridized carbons (Fsp3) is 0.238. The highest BCUT2D eigenvalue weighted by Crippen LogP contribution is 2.28. The molecule has 0 saturated carbocycles. The molecule has 2 amide bonds.